The van der Waals surface area contributed by atoms with Crippen molar-refractivity contribution in [2.45, 2.75) is 6.42 Å². The van der Waals surface area contributed by atoms with Crippen LogP contribution in [0.25, 0.3) is 17.1 Å². The second-order valence-electron chi connectivity index (χ2n) is 5.14. The SMILES string of the molecule is Clc1ccccc1Cc1nnc2sc(C=Cc3cccnc3)nn12. The maximum absolute atomic E-state index is 6.22. The van der Waals surface area contributed by atoms with Crippen LogP contribution in [-0.4, -0.2) is 24.8 Å². The molecule has 1 aromatic carbocycles. The predicted octanol–water partition coefficient (Wildman–Crippen LogP) is 4.00. The van der Waals surface area contributed by atoms with Gasteiger partial charge in [0.15, 0.2) is 5.82 Å². The van der Waals surface area contributed by atoms with Crippen LogP contribution in [0, 0.1) is 0 Å². The van der Waals surface area contributed by atoms with Gasteiger partial charge in [0.2, 0.25) is 4.96 Å². The van der Waals surface area contributed by atoms with E-state index in [1.807, 2.05) is 48.6 Å². The second-order valence-corrected chi connectivity index (χ2v) is 6.53. The third kappa shape index (κ3) is 3.06. The third-order valence-corrected chi connectivity index (χ3v) is 4.71. The third-order valence-electron chi connectivity index (χ3n) is 3.48. The molecule has 3 aromatic heterocycles. The van der Waals surface area contributed by atoms with E-state index in [-0.39, 0.29) is 0 Å². The van der Waals surface area contributed by atoms with E-state index in [1.54, 1.807) is 16.9 Å². The van der Waals surface area contributed by atoms with Crippen molar-refractivity contribution < 1.29 is 0 Å². The molecule has 5 nitrogen and oxygen atoms in total. The van der Waals surface area contributed by atoms with Gasteiger partial charge in [0.05, 0.1) is 0 Å². The standard InChI is InChI=1S/C17H12ClN5S/c18-14-6-2-1-5-13(14)10-15-20-21-17-23(15)22-16(24-17)8-7-12-4-3-9-19-11-12/h1-9,11H,10H2. The van der Waals surface area contributed by atoms with E-state index in [9.17, 15) is 0 Å². The molecule has 0 aliphatic heterocycles. The highest BCUT2D eigenvalue weighted by atomic mass is 35.5. The molecule has 0 atom stereocenters. The van der Waals surface area contributed by atoms with Gasteiger partial charge >= 0.3 is 0 Å². The number of aromatic nitrogens is 5. The lowest BCUT2D eigenvalue weighted by Crippen LogP contribution is -1.98. The van der Waals surface area contributed by atoms with E-state index in [2.05, 4.69) is 20.3 Å². The molecule has 0 amide bonds. The van der Waals surface area contributed by atoms with Crippen LogP contribution in [0.2, 0.25) is 5.02 Å². The predicted molar refractivity (Wildman–Crippen MR) is 96.1 cm³/mol. The molecule has 0 bridgehead atoms. The Morgan fingerprint density at radius 2 is 2.00 bits per heavy atom. The Hall–Kier alpha value is -2.57. The second kappa shape index (κ2) is 6.51. The van der Waals surface area contributed by atoms with E-state index < -0.39 is 0 Å². The van der Waals surface area contributed by atoms with Crippen molar-refractivity contribution in [1.82, 2.24) is 24.8 Å². The maximum Gasteiger partial charge on any atom is 0.234 e. The van der Waals surface area contributed by atoms with Gasteiger partial charge in [0.1, 0.15) is 5.01 Å². The summed E-state index contributed by atoms with van der Waals surface area (Å²) >= 11 is 7.71. The summed E-state index contributed by atoms with van der Waals surface area (Å²) in [6.07, 6.45) is 8.08. The quantitative estimate of drug-likeness (QED) is 0.556. The van der Waals surface area contributed by atoms with Gasteiger partial charge < -0.3 is 0 Å². The monoisotopic (exact) mass is 353 g/mol. The zero-order chi connectivity index (χ0) is 16.4. The van der Waals surface area contributed by atoms with Crippen LogP contribution < -0.4 is 0 Å². The molecular formula is C17H12ClN5S. The molecule has 0 aliphatic carbocycles. The first-order chi connectivity index (χ1) is 11.8. The molecule has 0 fully saturated rings. The molecule has 0 spiro atoms. The lowest BCUT2D eigenvalue weighted by Gasteiger charge is -2.00. The number of hydrogen-bond donors (Lipinski definition) is 0. The minimum Gasteiger partial charge on any atom is -0.264 e. The summed E-state index contributed by atoms with van der Waals surface area (Å²) in [6.45, 7) is 0. The summed E-state index contributed by atoms with van der Waals surface area (Å²) in [5.41, 5.74) is 2.04. The van der Waals surface area contributed by atoms with E-state index in [0.29, 0.717) is 6.42 Å². The Labute approximate surface area is 147 Å². The molecule has 4 aromatic rings. The van der Waals surface area contributed by atoms with Crippen LogP contribution in [-0.2, 0) is 6.42 Å². The van der Waals surface area contributed by atoms with Crippen LogP contribution in [0.15, 0.2) is 48.8 Å². The van der Waals surface area contributed by atoms with Crippen LogP contribution in [0.5, 0.6) is 0 Å². The Kier molecular flexibility index (Phi) is 4.06. The fourth-order valence-electron chi connectivity index (χ4n) is 2.30. The van der Waals surface area contributed by atoms with Crippen LogP contribution >= 0.6 is 22.9 Å². The molecule has 3 heterocycles. The summed E-state index contributed by atoms with van der Waals surface area (Å²) in [5.74, 6) is 0.773. The van der Waals surface area contributed by atoms with Gasteiger partial charge in [-0.3, -0.25) is 4.98 Å². The van der Waals surface area contributed by atoms with Gasteiger partial charge in [-0.25, -0.2) is 0 Å². The number of halogens is 1. The van der Waals surface area contributed by atoms with Crippen molar-refractivity contribution in [3.63, 3.8) is 0 Å². The number of pyridine rings is 1. The lowest BCUT2D eigenvalue weighted by atomic mass is 10.1. The fourth-order valence-corrected chi connectivity index (χ4v) is 3.27. The smallest absolute Gasteiger partial charge is 0.234 e. The van der Waals surface area contributed by atoms with Gasteiger partial charge in [-0.1, -0.05) is 53.3 Å². The highest BCUT2D eigenvalue weighted by Gasteiger charge is 2.12. The highest BCUT2D eigenvalue weighted by molar-refractivity contribution is 7.17. The molecule has 0 radical (unpaired) electrons. The largest absolute Gasteiger partial charge is 0.264 e. The zero-order valence-corrected chi connectivity index (χ0v) is 14.1. The van der Waals surface area contributed by atoms with Crippen molar-refractivity contribution >= 4 is 40.1 Å². The lowest BCUT2D eigenvalue weighted by molar-refractivity contribution is 0.848. The molecule has 7 heteroatoms. The number of hydrogen-bond acceptors (Lipinski definition) is 5. The number of nitrogens with zero attached hydrogens (tertiary/aromatic N) is 5. The normalized spacial score (nSPS) is 11.5. The Bertz CT molecular complexity index is 1010. The molecule has 24 heavy (non-hydrogen) atoms. The maximum atomic E-state index is 6.22. The van der Waals surface area contributed by atoms with E-state index in [4.69, 9.17) is 11.6 Å². The minimum atomic E-state index is 0.594. The molecule has 0 unspecified atom stereocenters. The van der Waals surface area contributed by atoms with Crippen molar-refractivity contribution in [3.05, 3.63) is 75.8 Å². The first kappa shape index (κ1) is 15.0. The molecule has 0 N–H and O–H groups in total. The zero-order valence-electron chi connectivity index (χ0n) is 12.5. The topological polar surface area (TPSA) is 56.0 Å². The summed E-state index contributed by atoms with van der Waals surface area (Å²) in [5, 5.41) is 14.6. The number of rotatable bonds is 4. The summed E-state index contributed by atoms with van der Waals surface area (Å²) in [6, 6.07) is 11.6. The van der Waals surface area contributed by atoms with Crippen LogP contribution in [0.4, 0.5) is 0 Å². The average molecular weight is 354 g/mol. The van der Waals surface area contributed by atoms with E-state index in [1.165, 1.54) is 11.3 Å². The first-order valence-corrected chi connectivity index (χ1v) is 8.52. The van der Waals surface area contributed by atoms with Gasteiger partial charge in [-0.15, -0.1) is 10.2 Å². The molecule has 0 saturated carbocycles. The number of fused-ring (bicyclic) bond motifs is 1. The summed E-state index contributed by atoms with van der Waals surface area (Å²) in [4.78, 5) is 4.86. The van der Waals surface area contributed by atoms with Gasteiger partial charge in [0.25, 0.3) is 0 Å². The van der Waals surface area contributed by atoms with Gasteiger partial charge in [-0.05, 0) is 29.3 Å². The summed E-state index contributed by atoms with van der Waals surface area (Å²) in [7, 11) is 0. The Morgan fingerprint density at radius 1 is 1.08 bits per heavy atom. The van der Waals surface area contributed by atoms with E-state index in [0.717, 1.165) is 31.9 Å². The average Bonchev–Trinajstić information content (AvgIpc) is 3.17. The highest BCUT2D eigenvalue weighted by Crippen LogP contribution is 2.21. The molecule has 118 valence electrons. The first-order valence-electron chi connectivity index (χ1n) is 7.32. The fraction of sp³-hybridized carbons (Fsp3) is 0.0588. The van der Waals surface area contributed by atoms with Gasteiger partial charge in [0, 0.05) is 23.8 Å². The Balaban J connectivity index is 1.62. The van der Waals surface area contributed by atoms with Crippen LogP contribution in [0.3, 0.4) is 0 Å². The van der Waals surface area contributed by atoms with Crippen molar-refractivity contribution in [3.8, 4) is 0 Å². The van der Waals surface area contributed by atoms with Crippen molar-refractivity contribution in [2.75, 3.05) is 0 Å². The minimum absolute atomic E-state index is 0.594. The van der Waals surface area contributed by atoms with E-state index >= 15 is 0 Å². The molecular weight excluding hydrogens is 342 g/mol. The molecule has 0 saturated heterocycles. The summed E-state index contributed by atoms with van der Waals surface area (Å²) < 4.78 is 1.77. The molecule has 4 rings (SSSR count). The van der Waals surface area contributed by atoms with Crippen molar-refractivity contribution in [1.29, 1.82) is 0 Å². The molecule has 0 aliphatic rings. The van der Waals surface area contributed by atoms with Crippen molar-refractivity contribution in [2.24, 2.45) is 0 Å². The van der Waals surface area contributed by atoms with Crippen LogP contribution in [0.1, 0.15) is 22.0 Å². The van der Waals surface area contributed by atoms with Gasteiger partial charge in [-0.2, -0.15) is 9.61 Å². The Morgan fingerprint density at radius 3 is 2.83 bits per heavy atom. The number of benzene rings is 1.